The van der Waals surface area contributed by atoms with Gasteiger partial charge in [0, 0.05) is 5.69 Å². The molecule has 1 aliphatic heterocycles. The predicted octanol–water partition coefficient (Wildman–Crippen LogP) is 5.01. The average Bonchev–Trinajstić information content (AvgIpc) is 3.01. The Balaban J connectivity index is 1.74. The van der Waals surface area contributed by atoms with E-state index in [2.05, 4.69) is 27.8 Å². The van der Waals surface area contributed by atoms with Gasteiger partial charge in [-0.3, -0.25) is 19.3 Å². The SMILES string of the molecule is C=CCOc1c(Br)cc(/C=C2/SC(=O)N(CC(=O)Nc3ccc(C)cc3)C2=O)cc1OC. The van der Waals surface area contributed by atoms with Crippen LogP contribution in [-0.4, -0.2) is 42.2 Å². The van der Waals surface area contributed by atoms with E-state index in [1.54, 1.807) is 36.4 Å². The molecule has 166 valence electrons. The molecule has 0 saturated carbocycles. The highest BCUT2D eigenvalue weighted by atomic mass is 79.9. The molecule has 0 atom stereocenters. The second kappa shape index (κ2) is 10.5. The Morgan fingerprint density at radius 3 is 2.62 bits per heavy atom. The number of benzene rings is 2. The number of aryl methyl sites for hydroxylation is 1. The summed E-state index contributed by atoms with van der Waals surface area (Å²) >= 11 is 4.22. The monoisotopic (exact) mass is 516 g/mol. The number of nitrogens with one attached hydrogen (secondary N) is 1. The molecule has 3 rings (SSSR count). The van der Waals surface area contributed by atoms with Gasteiger partial charge in [-0.1, -0.05) is 30.4 Å². The summed E-state index contributed by atoms with van der Waals surface area (Å²) in [5.74, 6) is -0.0127. The topological polar surface area (TPSA) is 84.9 Å². The fourth-order valence-electron chi connectivity index (χ4n) is 2.87. The van der Waals surface area contributed by atoms with Crippen LogP contribution in [0, 0.1) is 6.92 Å². The Morgan fingerprint density at radius 1 is 1.25 bits per heavy atom. The Labute approximate surface area is 198 Å². The first-order valence-corrected chi connectivity index (χ1v) is 11.2. The van der Waals surface area contributed by atoms with Crippen LogP contribution in [0.3, 0.4) is 0 Å². The number of nitrogens with zero attached hydrogens (tertiary/aromatic N) is 1. The van der Waals surface area contributed by atoms with Gasteiger partial charge in [0.25, 0.3) is 11.1 Å². The van der Waals surface area contributed by atoms with E-state index in [4.69, 9.17) is 9.47 Å². The molecule has 1 N–H and O–H groups in total. The van der Waals surface area contributed by atoms with E-state index in [1.165, 1.54) is 7.11 Å². The van der Waals surface area contributed by atoms with Crippen molar-refractivity contribution in [1.29, 1.82) is 0 Å². The molecule has 1 heterocycles. The fraction of sp³-hybridized carbons (Fsp3) is 0.174. The molecule has 2 aromatic rings. The lowest BCUT2D eigenvalue weighted by atomic mass is 10.2. The Bertz CT molecular complexity index is 1100. The summed E-state index contributed by atoms with van der Waals surface area (Å²) in [6.07, 6.45) is 3.19. The lowest BCUT2D eigenvalue weighted by Gasteiger charge is -2.13. The molecule has 32 heavy (non-hydrogen) atoms. The van der Waals surface area contributed by atoms with E-state index < -0.39 is 17.1 Å². The van der Waals surface area contributed by atoms with Crippen molar-refractivity contribution in [3.8, 4) is 11.5 Å². The van der Waals surface area contributed by atoms with E-state index in [-0.39, 0.29) is 11.4 Å². The zero-order valence-electron chi connectivity index (χ0n) is 17.5. The third-order valence-electron chi connectivity index (χ3n) is 4.41. The van der Waals surface area contributed by atoms with Crippen LogP contribution in [-0.2, 0) is 9.59 Å². The molecule has 1 aliphatic rings. The summed E-state index contributed by atoms with van der Waals surface area (Å²) in [5, 5.41) is 2.19. The van der Waals surface area contributed by atoms with Crippen LogP contribution in [0.25, 0.3) is 6.08 Å². The van der Waals surface area contributed by atoms with Crippen LogP contribution in [0.15, 0.2) is 58.4 Å². The van der Waals surface area contributed by atoms with Gasteiger partial charge in [-0.25, -0.2) is 0 Å². The maximum absolute atomic E-state index is 12.8. The van der Waals surface area contributed by atoms with Crippen molar-refractivity contribution in [1.82, 2.24) is 4.90 Å². The zero-order chi connectivity index (χ0) is 23.3. The van der Waals surface area contributed by atoms with Crippen molar-refractivity contribution in [2.45, 2.75) is 6.92 Å². The number of carbonyl (C=O) groups excluding carboxylic acids is 3. The van der Waals surface area contributed by atoms with Gasteiger partial charge in [0.05, 0.1) is 16.5 Å². The molecule has 9 heteroatoms. The molecular weight excluding hydrogens is 496 g/mol. The lowest BCUT2D eigenvalue weighted by Crippen LogP contribution is -2.36. The van der Waals surface area contributed by atoms with E-state index in [1.807, 2.05) is 19.1 Å². The van der Waals surface area contributed by atoms with Gasteiger partial charge in [-0.2, -0.15) is 0 Å². The van der Waals surface area contributed by atoms with Crippen LogP contribution in [0.4, 0.5) is 10.5 Å². The first kappa shape index (κ1) is 23.6. The van der Waals surface area contributed by atoms with Gasteiger partial charge in [0.2, 0.25) is 5.91 Å². The minimum atomic E-state index is -0.527. The number of amides is 3. The number of anilines is 1. The summed E-state index contributed by atoms with van der Waals surface area (Å²) in [4.78, 5) is 38.6. The number of ether oxygens (including phenoxy) is 2. The predicted molar refractivity (Wildman–Crippen MR) is 129 cm³/mol. The van der Waals surface area contributed by atoms with Crippen molar-refractivity contribution in [3.05, 3.63) is 69.6 Å². The highest BCUT2D eigenvalue weighted by Gasteiger charge is 2.36. The first-order chi connectivity index (χ1) is 15.3. The van der Waals surface area contributed by atoms with E-state index in [9.17, 15) is 14.4 Å². The van der Waals surface area contributed by atoms with E-state index >= 15 is 0 Å². The maximum atomic E-state index is 12.8. The number of carbonyl (C=O) groups is 3. The quantitative estimate of drug-likeness (QED) is 0.392. The standard InChI is InChI=1S/C23H21BrN2O5S/c1-4-9-31-21-17(24)10-15(11-18(21)30-3)12-19-22(28)26(23(29)32-19)13-20(27)25-16-7-5-14(2)6-8-16/h4-8,10-12H,1,9,13H2,2-3H3,(H,25,27)/b19-12+. The molecule has 0 unspecified atom stereocenters. The number of imide groups is 1. The van der Waals surface area contributed by atoms with Crippen molar-refractivity contribution in [3.63, 3.8) is 0 Å². The lowest BCUT2D eigenvalue weighted by molar-refractivity contribution is -0.127. The molecule has 0 aliphatic carbocycles. The van der Waals surface area contributed by atoms with E-state index in [0.717, 1.165) is 22.2 Å². The number of thioether (sulfide) groups is 1. The Kier molecular flexibility index (Phi) is 7.76. The summed E-state index contributed by atoms with van der Waals surface area (Å²) in [7, 11) is 1.51. The molecule has 1 fully saturated rings. The molecule has 3 amide bonds. The summed E-state index contributed by atoms with van der Waals surface area (Å²) in [6.45, 7) is 5.50. The van der Waals surface area contributed by atoms with Gasteiger partial charge >= 0.3 is 0 Å². The number of halogens is 1. The van der Waals surface area contributed by atoms with Gasteiger partial charge in [0.15, 0.2) is 11.5 Å². The summed E-state index contributed by atoms with van der Waals surface area (Å²) < 4.78 is 11.6. The highest BCUT2D eigenvalue weighted by molar-refractivity contribution is 9.10. The van der Waals surface area contributed by atoms with Crippen LogP contribution in [0.5, 0.6) is 11.5 Å². The van der Waals surface area contributed by atoms with Gasteiger partial charge in [0.1, 0.15) is 13.2 Å². The molecule has 0 spiro atoms. The molecular formula is C23H21BrN2O5S. The highest BCUT2D eigenvalue weighted by Crippen LogP contribution is 2.39. The smallest absolute Gasteiger partial charge is 0.294 e. The van der Waals surface area contributed by atoms with Crippen molar-refractivity contribution >= 4 is 56.5 Å². The van der Waals surface area contributed by atoms with Gasteiger partial charge in [-0.15, -0.1) is 0 Å². The Hall–Kier alpha value is -3.04. The molecule has 2 aromatic carbocycles. The third-order valence-corrected chi connectivity index (χ3v) is 5.90. The second-order valence-electron chi connectivity index (χ2n) is 6.82. The van der Waals surface area contributed by atoms with Gasteiger partial charge < -0.3 is 14.8 Å². The molecule has 7 nitrogen and oxygen atoms in total. The minimum Gasteiger partial charge on any atom is -0.493 e. The van der Waals surface area contributed by atoms with Crippen LogP contribution >= 0.6 is 27.7 Å². The molecule has 0 bridgehead atoms. The number of hydrogen-bond acceptors (Lipinski definition) is 6. The zero-order valence-corrected chi connectivity index (χ0v) is 19.9. The Morgan fingerprint density at radius 2 is 1.97 bits per heavy atom. The van der Waals surface area contributed by atoms with E-state index in [0.29, 0.717) is 33.8 Å². The summed E-state index contributed by atoms with van der Waals surface area (Å²) in [6, 6.07) is 10.7. The van der Waals surface area contributed by atoms with Crippen LogP contribution in [0.2, 0.25) is 0 Å². The van der Waals surface area contributed by atoms with Gasteiger partial charge in [-0.05, 0) is 70.5 Å². The normalized spacial score (nSPS) is 14.6. The van der Waals surface area contributed by atoms with Crippen molar-refractivity contribution < 1.29 is 23.9 Å². The second-order valence-corrected chi connectivity index (χ2v) is 8.66. The first-order valence-electron chi connectivity index (χ1n) is 9.55. The molecule has 0 radical (unpaired) electrons. The number of rotatable bonds is 8. The number of hydrogen-bond donors (Lipinski definition) is 1. The van der Waals surface area contributed by atoms with Crippen molar-refractivity contribution in [2.75, 3.05) is 25.6 Å². The van der Waals surface area contributed by atoms with Crippen molar-refractivity contribution in [2.24, 2.45) is 0 Å². The number of methoxy groups -OCH3 is 1. The maximum Gasteiger partial charge on any atom is 0.294 e. The third kappa shape index (κ3) is 5.60. The minimum absolute atomic E-state index is 0.215. The molecule has 0 aromatic heterocycles. The summed E-state index contributed by atoms with van der Waals surface area (Å²) in [5.41, 5.74) is 2.29. The molecule has 1 saturated heterocycles. The fourth-order valence-corrected chi connectivity index (χ4v) is 4.29. The van der Waals surface area contributed by atoms with Crippen LogP contribution < -0.4 is 14.8 Å². The largest absolute Gasteiger partial charge is 0.493 e. The average molecular weight is 517 g/mol. The van der Waals surface area contributed by atoms with Crippen LogP contribution in [0.1, 0.15) is 11.1 Å².